The molecule has 2 aliphatic rings. The van der Waals surface area contributed by atoms with Crippen LogP contribution in [0.15, 0.2) is 78.9 Å². The number of nitrogens with one attached hydrogen (secondary N) is 2. The summed E-state index contributed by atoms with van der Waals surface area (Å²) < 4.78 is 11.4. The van der Waals surface area contributed by atoms with Gasteiger partial charge in [0.15, 0.2) is 6.04 Å². The van der Waals surface area contributed by atoms with Gasteiger partial charge in [0.05, 0.1) is 12.7 Å². The van der Waals surface area contributed by atoms with Gasteiger partial charge in [-0.3, -0.25) is 4.79 Å². The summed E-state index contributed by atoms with van der Waals surface area (Å²) in [5.41, 5.74) is 4.00. The van der Waals surface area contributed by atoms with E-state index in [-0.39, 0.29) is 25.0 Å². The van der Waals surface area contributed by atoms with Crippen LogP contribution in [0.1, 0.15) is 49.3 Å². The Balaban J connectivity index is 1.23. The van der Waals surface area contributed by atoms with Crippen molar-refractivity contribution in [3.8, 4) is 11.1 Å². The Hall–Kier alpha value is -4.17. The van der Waals surface area contributed by atoms with Crippen molar-refractivity contribution in [2.24, 2.45) is 5.92 Å². The van der Waals surface area contributed by atoms with Crippen molar-refractivity contribution in [2.45, 2.75) is 56.9 Å². The molecule has 0 aliphatic heterocycles. The van der Waals surface area contributed by atoms with Crippen LogP contribution in [-0.2, 0) is 25.7 Å². The quantitative estimate of drug-likeness (QED) is 0.319. The maximum absolute atomic E-state index is 13.5. The van der Waals surface area contributed by atoms with Gasteiger partial charge in [-0.1, -0.05) is 78.9 Å². The largest absolute Gasteiger partial charge is 0.480 e. The van der Waals surface area contributed by atoms with Crippen molar-refractivity contribution < 1.29 is 29.0 Å². The first-order valence-electron chi connectivity index (χ1n) is 13.6. The number of carboxylic acids is 1. The summed E-state index contributed by atoms with van der Waals surface area (Å²) in [7, 11) is 0. The van der Waals surface area contributed by atoms with Crippen molar-refractivity contribution in [2.75, 3.05) is 6.61 Å². The van der Waals surface area contributed by atoms with Gasteiger partial charge in [0, 0.05) is 5.92 Å². The summed E-state index contributed by atoms with van der Waals surface area (Å²) >= 11 is 0. The van der Waals surface area contributed by atoms with Crippen LogP contribution < -0.4 is 10.6 Å². The number of rotatable bonds is 11. The first-order valence-corrected chi connectivity index (χ1v) is 13.6. The van der Waals surface area contributed by atoms with E-state index in [0.717, 1.165) is 40.7 Å². The highest BCUT2D eigenvalue weighted by Crippen LogP contribution is 2.44. The number of aliphatic carboxylic acids is 1. The van der Waals surface area contributed by atoms with Gasteiger partial charge < -0.3 is 25.2 Å². The van der Waals surface area contributed by atoms with E-state index in [1.54, 1.807) is 13.8 Å². The molecule has 3 aromatic rings. The number of carboxylic acid groups (broad SMARTS) is 1. The average molecular weight is 543 g/mol. The van der Waals surface area contributed by atoms with Crippen molar-refractivity contribution >= 4 is 18.0 Å². The van der Waals surface area contributed by atoms with Crippen LogP contribution in [0.3, 0.4) is 0 Å². The first kappa shape index (κ1) is 27.4. The fourth-order valence-electron chi connectivity index (χ4n) is 5.42. The second kappa shape index (κ2) is 11.5. The minimum atomic E-state index is -1.32. The molecule has 5 rings (SSSR count). The van der Waals surface area contributed by atoms with Gasteiger partial charge in [-0.2, -0.15) is 0 Å². The summed E-state index contributed by atoms with van der Waals surface area (Å²) in [6.45, 7) is 3.55. The Labute approximate surface area is 233 Å². The predicted octanol–water partition coefficient (Wildman–Crippen LogP) is 4.87. The molecule has 1 fully saturated rings. The molecule has 1 saturated carbocycles. The standard InChI is InChI=1S/C32H34N2O6/c1-20(39-18-21-10-4-3-5-11-21)28(29(35)36)33-30(37)32(2,22-16-17-22)34-31(38)40-19-27-25-14-8-6-12-23(25)24-13-7-9-15-26(24)27/h3-15,20,22,27-28H,16-19H2,1-2H3,(H,33,37)(H,34,38)(H,35,36)/t20-,28+,32?/m1/s1. The Morgan fingerprint density at radius 2 is 1.50 bits per heavy atom. The molecule has 3 aromatic carbocycles. The molecular formula is C32H34N2O6. The number of alkyl carbamates (subject to hydrolysis) is 1. The average Bonchev–Trinajstić information content (AvgIpc) is 3.77. The molecule has 2 amide bonds. The van der Waals surface area contributed by atoms with E-state index in [1.165, 1.54) is 0 Å². The topological polar surface area (TPSA) is 114 Å². The Morgan fingerprint density at radius 3 is 2.08 bits per heavy atom. The number of fused-ring (bicyclic) bond motifs is 3. The van der Waals surface area contributed by atoms with Gasteiger partial charge in [0.1, 0.15) is 12.1 Å². The van der Waals surface area contributed by atoms with Crippen molar-refractivity contribution in [3.05, 3.63) is 95.6 Å². The van der Waals surface area contributed by atoms with Crippen molar-refractivity contribution in [1.29, 1.82) is 0 Å². The fraction of sp³-hybridized carbons (Fsp3) is 0.344. The summed E-state index contributed by atoms with van der Waals surface area (Å²) in [5, 5.41) is 15.2. The highest BCUT2D eigenvalue weighted by Gasteiger charge is 2.50. The van der Waals surface area contributed by atoms with Crippen molar-refractivity contribution in [3.63, 3.8) is 0 Å². The van der Waals surface area contributed by atoms with Gasteiger partial charge in [0.25, 0.3) is 0 Å². The summed E-state index contributed by atoms with van der Waals surface area (Å²) in [5.74, 6) is -2.03. The number of ether oxygens (including phenoxy) is 2. The molecule has 3 N–H and O–H groups in total. The van der Waals surface area contributed by atoms with Crippen molar-refractivity contribution in [1.82, 2.24) is 10.6 Å². The third kappa shape index (κ3) is 5.72. The number of benzene rings is 3. The highest BCUT2D eigenvalue weighted by atomic mass is 16.5. The molecule has 0 aromatic heterocycles. The maximum Gasteiger partial charge on any atom is 0.408 e. The van der Waals surface area contributed by atoms with Gasteiger partial charge >= 0.3 is 12.1 Å². The fourth-order valence-corrected chi connectivity index (χ4v) is 5.42. The molecule has 208 valence electrons. The molecule has 8 heteroatoms. The predicted molar refractivity (Wildman–Crippen MR) is 150 cm³/mol. The molecule has 8 nitrogen and oxygen atoms in total. The third-order valence-electron chi connectivity index (χ3n) is 7.95. The Kier molecular flexibility index (Phi) is 7.89. The number of carbonyl (C=O) groups excluding carboxylic acids is 2. The van der Waals surface area contributed by atoms with E-state index in [2.05, 4.69) is 22.8 Å². The normalized spacial score (nSPS) is 17.1. The van der Waals surface area contributed by atoms with Crippen LogP contribution in [-0.4, -0.2) is 47.4 Å². The summed E-state index contributed by atoms with van der Waals surface area (Å²) in [4.78, 5) is 38.6. The molecular weight excluding hydrogens is 508 g/mol. The zero-order valence-corrected chi connectivity index (χ0v) is 22.6. The number of hydrogen-bond donors (Lipinski definition) is 3. The number of hydrogen-bond acceptors (Lipinski definition) is 5. The van der Waals surface area contributed by atoms with Gasteiger partial charge in [-0.15, -0.1) is 0 Å². The van der Waals surface area contributed by atoms with Crippen LogP contribution >= 0.6 is 0 Å². The molecule has 3 atom stereocenters. The van der Waals surface area contributed by atoms with E-state index in [9.17, 15) is 19.5 Å². The minimum absolute atomic E-state index is 0.113. The van der Waals surface area contributed by atoms with Crippen LogP contribution in [0.25, 0.3) is 11.1 Å². The Bertz CT molecular complexity index is 1340. The first-order chi connectivity index (χ1) is 19.3. The molecule has 1 unspecified atom stereocenters. The van der Waals surface area contributed by atoms with Gasteiger partial charge in [0.2, 0.25) is 5.91 Å². The summed E-state index contributed by atoms with van der Waals surface area (Å²) in [6, 6.07) is 24.2. The molecule has 0 spiro atoms. The highest BCUT2D eigenvalue weighted by molar-refractivity contribution is 5.93. The molecule has 0 bridgehead atoms. The van der Waals surface area contributed by atoms with E-state index in [4.69, 9.17) is 9.47 Å². The second-order valence-electron chi connectivity index (χ2n) is 10.7. The lowest BCUT2D eigenvalue weighted by molar-refractivity contribution is -0.147. The molecule has 0 saturated heterocycles. The van der Waals surface area contributed by atoms with Gasteiger partial charge in [-0.05, 0) is 60.4 Å². The van der Waals surface area contributed by atoms with Crippen LogP contribution in [0.4, 0.5) is 4.79 Å². The zero-order chi connectivity index (χ0) is 28.3. The van der Waals surface area contributed by atoms with E-state index >= 15 is 0 Å². The second-order valence-corrected chi connectivity index (χ2v) is 10.7. The smallest absolute Gasteiger partial charge is 0.408 e. The van der Waals surface area contributed by atoms with Crippen LogP contribution in [0, 0.1) is 5.92 Å². The van der Waals surface area contributed by atoms with Crippen LogP contribution in [0.5, 0.6) is 0 Å². The minimum Gasteiger partial charge on any atom is -0.480 e. The number of carbonyl (C=O) groups is 3. The van der Waals surface area contributed by atoms with E-state index in [0.29, 0.717) is 0 Å². The molecule has 2 aliphatic carbocycles. The van der Waals surface area contributed by atoms with E-state index < -0.39 is 35.7 Å². The van der Waals surface area contributed by atoms with E-state index in [1.807, 2.05) is 66.7 Å². The Morgan fingerprint density at radius 1 is 0.925 bits per heavy atom. The maximum atomic E-state index is 13.5. The van der Waals surface area contributed by atoms with Gasteiger partial charge in [-0.25, -0.2) is 9.59 Å². The summed E-state index contributed by atoms with van der Waals surface area (Å²) in [6.07, 6.45) is -0.0391. The number of amides is 2. The molecule has 0 radical (unpaired) electrons. The van der Waals surface area contributed by atoms with Crippen LogP contribution in [0.2, 0.25) is 0 Å². The lowest BCUT2D eigenvalue weighted by Gasteiger charge is -2.32. The molecule has 0 heterocycles. The zero-order valence-electron chi connectivity index (χ0n) is 22.6. The monoisotopic (exact) mass is 542 g/mol. The third-order valence-corrected chi connectivity index (χ3v) is 7.95. The lowest BCUT2D eigenvalue weighted by Crippen LogP contribution is -2.62. The lowest BCUT2D eigenvalue weighted by atomic mass is 9.94. The SMILES string of the molecule is C[C@@H](OCc1ccccc1)[C@H](NC(=O)C(C)(NC(=O)OCC1c2ccccc2-c2ccccc21)C1CC1)C(=O)O. The molecule has 40 heavy (non-hydrogen) atoms.